The van der Waals surface area contributed by atoms with Crippen molar-refractivity contribution in [3.8, 4) is 0 Å². The Morgan fingerprint density at radius 1 is 1.10 bits per heavy atom. The second kappa shape index (κ2) is 8.74. The Morgan fingerprint density at radius 3 is 2.31 bits per heavy atom. The molecule has 2 aromatic rings. The third-order valence-corrected chi connectivity index (χ3v) is 5.81. The van der Waals surface area contributed by atoms with E-state index in [0.717, 1.165) is 15.9 Å². The van der Waals surface area contributed by atoms with Crippen molar-refractivity contribution in [2.75, 3.05) is 11.4 Å². The summed E-state index contributed by atoms with van der Waals surface area (Å²) in [5.41, 5.74) is 6.22. The summed E-state index contributed by atoms with van der Waals surface area (Å²) >= 11 is 0. The molecule has 0 bridgehead atoms. The van der Waals surface area contributed by atoms with Crippen LogP contribution >= 0.6 is 0 Å². The van der Waals surface area contributed by atoms with Gasteiger partial charge in [-0.05, 0) is 44.2 Å². The number of ether oxygens (including phenoxy) is 1. The summed E-state index contributed by atoms with van der Waals surface area (Å²) in [5, 5.41) is 1.79. The Hall–Kier alpha value is -3.40. The van der Waals surface area contributed by atoms with E-state index in [0.29, 0.717) is 5.69 Å². The first-order chi connectivity index (χ1) is 13.5. The molecule has 1 atom stereocenters. The minimum atomic E-state index is -3.94. The van der Waals surface area contributed by atoms with E-state index in [2.05, 4.69) is 0 Å². The van der Waals surface area contributed by atoms with Gasteiger partial charge < -0.3 is 10.5 Å². The molecular formula is C19H21N3O6S. The minimum absolute atomic E-state index is 0.0675. The third-order valence-electron chi connectivity index (χ3n) is 4.03. The fourth-order valence-electron chi connectivity index (χ4n) is 2.34. The molecule has 0 fully saturated rings. The number of imide groups is 1. The molecule has 0 aliphatic heterocycles. The zero-order valence-corrected chi connectivity index (χ0v) is 16.9. The molecule has 10 heteroatoms. The number of urea groups is 1. The lowest BCUT2D eigenvalue weighted by atomic mass is 10.2. The largest absolute Gasteiger partial charge is 0.449 e. The molecule has 3 amide bonds. The first-order valence-electron chi connectivity index (χ1n) is 8.49. The molecule has 0 unspecified atom stereocenters. The molecule has 0 radical (unpaired) electrons. The van der Waals surface area contributed by atoms with Crippen LogP contribution in [0.2, 0.25) is 0 Å². The van der Waals surface area contributed by atoms with E-state index in [1.54, 1.807) is 29.6 Å². The number of amides is 3. The summed E-state index contributed by atoms with van der Waals surface area (Å²) in [7, 11) is -2.53. The lowest BCUT2D eigenvalue weighted by Gasteiger charge is -2.20. The lowest BCUT2D eigenvalue weighted by molar-refractivity contribution is -0.127. The normalized spacial score (nSPS) is 12.0. The van der Waals surface area contributed by atoms with E-state index in [9.17, 15) is 22.8 Å². The predicted octanol–water partition coefficient (Wildman–Crippen LogP) is 1.56. The number of hydrogen-bond acceptors (Lipinski definition) is 6. The number of nitrogens with zero attached hydrogens (tertiary/aromatic N) is 1. The number of benzene rings is 2. The molecule has 0 aliphatic carbocycles. The second-order valence-electron chi connectivity index (χ2n) is 6.24. The molecule has 2 rings (SSSR count). The molecule has 29 heavy (non-hydrogen) atoms. The Labute approximate surface area is 168 Å². The highest BCUT2D eigenvalue weighted by Crippen LogP contribution is 2.23. The fraction of sp³-hybridized carbons (Fsp3) is 0.211. The summed E-state index contributed by atoms with van der Waals surface area (Å²) in [5.74, 6) is -1.82. The molecule has 3 N–H and O–H groups in total. The highest BCUT2D eigenvalue weighted by Gasteiger charge is 2.24. The Balaban J connectivity index is 2.23. The quantitative estimate of drug-likeness (QED) is 0.682. The zero-order chi connectivity index (χ0) is 21.8. The van der Waals surface area contributed by atoms with Crippen LogP contribution in [0.15, 0.2) is 53.4 Å². The van der Waals surface area contributed by atoms with Gasteiger partial charge in [-0.1, -0.05) is 23.8 Å². The number of aryl methyl sites for hydroxylation is 1. The van der Waals surface area contributed by atoms with Crippen molar-refractivity contribution < 1.29 is 27.5 Å². The van der Waals surface area contributed by atoms with E-state index in [4.69, 9.17) is 10.5 Å². The molecule has 154 valence electrons. The van der Waals surface area contributed by atoms with Crippen molar-refractivity contribution in [3.05, 3.63) is 59.7 Å². The van der Waals surface area contributed by atoms with E-state index < -0.39 is 34.0 Å². The Morgan fingerprint density at radius 2 is 1.72 bits per heavy atom. The van der Waals surface area contributed by atoms with Gasteiger partial charge in [0.2, 0.25) is 0 Å². The average molecular weight is 419 g/mol. The maximum absolute atomic E-state index is 12.9. The molecule has 0 spiro atoms. The van der Waals surface area contributed by atoms with Crippen LogP contribution in [0, 0.1) is 6.92 Å². The van der Waals surface area contributed by atoms with Crippen LogP contribution in [0.5, 0.6) is 0 Å². The first-order valence-corrected chi connectivity index (χ1v) is 9.93. The summed E-state index contributed by atoms with van der Waals surface area (Å²) in [6, 6.07) is 11.1. The number of carbonyl (C=O) groups excluding carboxylic acids is 3. The number of carbonyl (C=O) groups is 3. The van der Waals surface area contributed by atoms with Crippen LogP contribution < -0.4 is 15.4 Å². The van der Waals surface area contributed by atoms with Gasteiger partial charge in [0.1, 0.15) is 0 Å². The van der Waals surface area contributed by atoms with Crippen LogP contribution in [0.3, 0.4) is 0 Å². The summed E-state index contributed by atoms with van der Waals surface area (Å²) in [4.78, 5) is 34.5. The molecular weight excluding hydrogens is 398 g/mol. The number of primary amides is 1. The topological polar surface area (TPSA) is 136 Å². The molecule has 0 saturated carbocycles. The first kappa shape index (κ1) is 21.9. The fourth-order valence-corrected chi connectivity index (χ4v) is 3.58. The van der Waals surface area contributed by atoms with Crippen LogP contribution in [0.4, 0.5) is 10.5 Å². The van der Waals surface area contributed by atoms with Gasteiger partial charge in [0.15, 0.2) is 6.10 Å². The molecule has 0 saturated heterocycles. The van der Waals surface area contributed by atoms with Crippen LogP contribution in [0.1, 0.15) is 22.8 Å². The van der Waals surface area contributed by atoms with Crippen molar-refractivity contribution in [1.29, 1.82) is 0 Å². The van der Waals surface area contributed by atoms with Gasteiger partial charge in [-0.3, -0.25) is 14.4 Å². The molecule has 0 aliphatic rings. The zero-order valence-electron chi connectivity index (χ0n) is 16.1. The number of rotatable bonds is 6. The number of hydrogen-bond donors (Lipinski definition) is 2. The number of anilines is 1. The van der Waals surface area contributed by atoms with Gasteiger partial charge in [0.25, 0.3) is 15.9 Å². The summed E-state index contributed by atoms with van der Waals surface area (Å²) in [6.07, 6.45) is -1.30. The van der Waals surface area contributed by atoms with E-state index in [1.807, 2.05) is 6.92 Å². The maximum atomic E-state index is 12.9. The Bertz CT molecular complexity index is 1030. The monoisotopic (exact) mass is 419 g/mol. The molecule has 0 heterocycles. The standard InChI is InChI=1S/C19H21N3O6S/c1-12-7-9-15(10-8-12)22(3)29(26,27)16-6-4-5-14(11-16)18(24)28-13(2)17(23)21-19(20)25/h4-11,13H,1-3H3,(H3,20,21,23,25)/t13-/m1/s1. The van der Waals surface area contributed by atoms with Crippen molar-refractivity contribution in [1.82, 2.24) is 5.32 Å². The van der Waals surface area contributed by atoms with Gasteiger partial charge >= 0.3 is 12.0 Å². The molecule has 9 nitrogen and oxygen atoms in total. The van der Waals surface area contributed by atoms with Crippen molar-refractivity contribution in [3.63, 3.8) is 0 Å². The van der Waals surface area contributed by atoms with Gasteiger partial charge in [-0.2, -0.15) is 0 Å². The van der Waals surface area contributed by atoms with Crippen molar-refractivity contribution in [2.45, 2.75) is 24.8 Å². The molecule has 2 aromatic carbocycles. The predicted molar refractivity (Wildman–Crippen MR) is 106 cm³/mol. The lowest BCUT2D eigenvalue weighted by Crippen LogP contribution is -2.42. The number of nitrogens with one attached hydrogen (secondary N) is 1. The van der Waals surface area contributed by atoms with E-state index in [1.165, 1.54) is 32.2 Å². The number of sulfonamides is 1. The van der Waals surface area contributed by atoms with Crippen LogP contribution in [-0.2, 0) is 19.6 Å². The van der Waals surface area contributed by atoms with Crippen molar-refractivity contribution in [2.24, 2.45) is 5.73 Å². The van der Waals surface area contributed by atoms with Gasteiger partial charge in [-0.15, -0.1) is 0 Å². The third kappa shape index (κ3) is 5.32. The minimum Gasteiger partial charge on any atom is -0.449 e. The number of esters is 1. The highest BCUT2D eigenvalue weighted by molar-refractivity contribution is 7.92. The Kier molecular flexibility index (Phi) is 6.60. The smallest absolute Gasteiger partial charge is 0.338 e. The highest BCUT2D eigenvalue weighted by atomic mass is 32.2. The second-order valence-corrected chi connectivity index (χ2v) is 8.21. The molecule has 0 aromatic heterocycles. The number of nitrogens with two attached hydrogens (primary N) is 1. The average Bonchev–Trinajstić information content (AvgIpc) is 2.67. The summed E-state index contributed by atoms with van der Waals surface area (Å²) in [6.45, 7) is 3.14. The van der Waals surface area contributed by atoms with Crippen LogP contribution in [0.25, 0.3) is 0 Å². The van der Waals surface area contributed by atoms with Gasteiger partial charge in [0, 0.05) is 7.05 Å². The maximum Gasteiger partial charge on any atom is 0.338 e. The van der Waals surface area contributed by atoms with Crippen LogP contribution in [-0.4, -0.2) is 39.5 Å². The van der Waals surface area contributed by atoms with E-state index >= 15 is 0 Å². The summed E-state index contributed by atoms with van der Waals surface area (Å²) < 4.78 is 31.9. The van der Waals surface area contributed by atoms with Gasteiger partial charge in [0.05, 0.1) is 16.1 Å². The van der Waals surface area contributed by atoms with E-state index in [-0.39, 0.29) is 10.5 Å². The van der Waals surface area contributed by atoms with Crippen molar-refractivity contribution >= 4 is 33.6 Å². The SMILES string of the molecule is Cc1ccc(N(C)S(=O)(=O)c2cccc(C(=O)O[C@H](C)C(=O)NC(N)=O)c2)cc1. The van der Waals surface area contributed by atoms with Gasteiger partial charge in [-0.25, -0.2) is 18.0 Å².